The summed E-state index contributed by atoms with van der Waals surface area (Å²) < 4.78 is 5.40. The molecule has 0 heterocycles. The minimum atomic E-state index is -0.479. The van der Waals surface area contributed by atoms with E-state index in [0.717, 1.165) is 11.4 Å². The highest BCUT2D eigenvalue weighted by molar-refractivity contribution is 5.54. The normalized spacial score (nSPS) is 12.5. The number of hydrogen-bond acceptors (Lipinski definition) is 4. The second kappa shape index (κ2) is 8.02. The average Bonchev–Trinajstić information content (AvgIpc) is 2.36. The fourth-order valence-electron chi connectivity index (χ4n) is 1.61. The lowest BCUT2D eigenvalue weighted by molar-refractivity contribution is 0.0318. The van der Waals surface area contributed by atoms with Crippen LogP contribution in [0.4, 0.5) is 11.4 Å². The molecule has 1 unspecified atom stereocenters. The average molecular weight is 266 g/mol. The van der Waals surface area contributed by atoms with Crippen molar-refractivity contribution < 1.29 is 9.84 Å². The zero-order valence-corrected chi connectivity index (χ0v) is 12.4. The molecule has 0 spiro atoms. The number of anilines is 2. The number of nitrogens with zero attached hydrogens (tertiary/aromatic N) is 1. The van der Waals surface area contributed by atoms with E-state index in [2.05, 4.69) is 24.1 Å². The van der Waals surface area contributed by atoms with Crippen LogP contribution in [0.5, 0.6) is 0 Å². The second-order valence-electron chi connectivity index (χ2n) is 5.41. The van der Waals surface area contributed by atoms with Gasteiger partial charge in [-0.2, -0.15) is 0 Å². The first-order valence-electron chi connectivity index (χ1n) is 6.76. The van der Waals surface area contributed by atoms with Crippen LogP contribution in [-0.2, 0) is 4.74 Å². The molecule has 4 nitrogen and oxygen atoms in total. The van der Waals surface area contributed by atoms with Gasteiger partial charge in [-0.05, 0) is 30.2 Å². The van der Waals surface area contributed by atoms with Crippen LogP contribution < -0.4 is 10.2 Å². The Morgan fingerprint density at radius 1 is 1.16 bits per heavy atom. The van der Waals surface area contributed by atoms with Crippen molar-refractivity contribution in [2.45, 2.75) is 20.0 Å². The zero-order chi connectivity index (χ0) is 14.3. The number of rotatable bonds is 8. The van der Waals surface area contributed by atoms with Gasteiger partial charge in [-0.15, -0.1) is 0 Å². The van der Waals surface area contributed by atoms with Gasteiger partial charge in [0.15, 0.2) is 0 Å². The molecule has 1 atom stereocenters. The Kier molecular flexibility index (Phi) is 6.67. The summed E-state index contributed by atoms with van der Waals surface area (Å²) in [4.78, 5) is 2.05. The Labute approximate surface area is 116 Å². The van der Waals surface area contributed by atoms with Crippen molar-refractivity contribution in [1.82, 2.24) is 0 Å². The largest absolute Gasteiger partial charge is 0.389 e. The van der Waals surface area contributed by atoms with Crippen molar-refractivity contribution in [2.24, 2.45) is 5.92 Å². The molecule has 1 aromatic rings. The molecule has 2 N–H and O–H groups in total. The van der Waals surface area contributed by atoms with Crippen LogP contribution in [-0.4, -0.2) is 45.1 Å². The molecule has 4 heteroatoms. The van der Waals surface area contributed by atoms with Gasteiger partial charge < -0.3 is 20.1 Å². The summed E-state index contributed by atoms with van der Waals surface area (Å²) in [5, 5.41) is 13.0. The van der Waals surface area contributed by atoms with E-state index in [-0.39, 0.29) is 0 Å². The highest BCUT2D eigenvalue weighted by Gasteiger charge is 2.05. The number of aliphatic hydroxyl groups excluding tert-OH is 1. The highest BCUT2D eigenvalue weighted by atomic mass is 16.5. The molecular formula is C15H26N2O2. The molecule has 0 aliphatic rings. The second-order valence-corrected chi connectivity index (χ2v) is 5.41. The van der Waals surface area contributed by atoms with E-state index in [1.807, 2.05) is 38.4 Å². The van der Waals surface area contributed by atoms with E-state index in [9.17, 15) is 5.11 Å². The summed E-state index contributed by atoms with van der Waals surface area (Å²) in [6.45, 7) is 5.75. The van der Waals surface area contributed by atoms with Crippen molar-refractivity contribution in [3.05, 3.63) is 24.3 Å². The maximum atomic E-state index is 9.77. The van der Waals surface area contributed by atoms with Gasteiger partial charge in [0.1, 0.15) is 0 Å². The van der Waals surface area contributed by atoms with Gasteiger partial charge in [0.25, 0.3) is 0 Å². The van der Waals surface area contributed by atoms with E-state index in [1.165, 1.54) is 0 Å². The molecule has 0 bridgehead atoms. The third-order valence-electron chi connectivity index (χ3n) is 2.69. The molecule has 0 radical (unpaired) electrons. The maximum absolute atomic E-state index is 9.77. The SMILES string of the molecule is CC(C)COCC(O)CNc1ccc(N(C)C)cc1. The van der Waals surface area contributed by atoms with E-state index >= 15 is 0 Å². The highest BCUT2D eigenvalue weighted by Crippen LogP contribution is 2.15. The summed E-state index contributed by atoms with van der Waals surface area (Å²) in [5.41, 5.74) is 2.17. The molecule has 19 heavy (non-hydrogen) atoms. The minimum Gasteiger partial charge on any atom is -0.389 e. The Bertz CT molecular complexity index is 350. The van der Waals surface area contributed by atoms with Crippen LogP contribution in [0.1, 0.15) is 13.8 Å². The molecule has 0 saturated carbocycles. The maximum Gasteiger partial charge on any atom is 0.0945 e. The van der Waals surface area contributed by atoms with Gasteiger partial charge in [0.05, 0.1) is 12.7 Å². The van der Waals surface area contributed by atoms with Gasteiger partial charge in [0.2, 0.25) is 0 Å². The molecule has 1 rings (SSSR count). The van der Waals surface area contributed by atoms with Gasteiger partial charge >= 0.3 is 0 Å². The van der Waals surface area contributed by atoms with Crippen LogP contribution in [0.3, 0.4) is 0 Å². The van der Waals surface area contributed by atoms with Gasteiger partial charge in [-0.1, -0.05) is 13.8 Å². The van der Waals surface area contributed by atoms with Crippen LogP contribution in [0.2, 0.25) is 0 Å². The Balaban J connectivity index is 2.27. The molecule has 0 aliphatic carbocycles. The summed E-state index contributed by atoms with van der Waals surface area (Å²) in [7, 11) is 4.02. The summed E-state index contributed by atoms with van der Waals surface area (Å²) in [6, 6.07) is 8.11. The molecule has 108 valence electrons. The lowest BCUT2D eigenvalue weighted by Gasteiger charge is -2.16. The smallest absolute Gasteiger partial charge is 0.0945 e. The Hall–Kier alpha value is -1.26. The first-order chi connectivity index (χ1) is 8.99. The monoisotopic (exact) mass is 266 g/mol. The first kappa shape index (κ1) is 15.8. The molecule has 0 saturated heterocycles. The van der Waals surface area contributed by atoms with E-state index in [1.54, 1.807) is 0 Å². The Morgan fingerprint density at radius 3 is 2.32 bits per heavy atom. The van der Waals surface area contributed by atoms with Crippen molar-refractivity contribution in [2.75, 3.05) is 44.1 Å². The van der Waals surface area contributed by atoms with Gasteiger partial charge in [-0.3, -0.25) is 0 Å². The number of aliphatic hydroxyl groups is 1. The number of hydrogen-bond donors (Lipinski definition) is 2. The Morgan fingerprint density at radius 2 is 1.79 bits per heavy atom. The van der Waals surface area contributed by atoms with Crippen LogP contribution in [0.15, 0.2) is 24.3 Å². The van der Waals surface area contributed by atoms with Crippen LogP contribution in [0.25, 0.3) is 0 Å². The first-order valence-corrected chi connectivity index (χ1v) is 6.76. The lowest BCUT2D eigenvalue weighted by atomic mass is 10.2. The molecular weight excluding hydrogens is 240 g/mol. The van der Waals surface area contributed by atoms with Crippen molar-refractivity contribution >= 4 is 11.4 Å². The molecule has 0 amide bonds. The molecule has 0 aromatic heterocycles. The number of benzene rings is 1. The van der Waals surface area contributed by atoms with E-state index in [4.69, 9.17) is 4.74 Å². The fourth-order valence-corrected chi connectivity index (χ4v) is 1.61. The standard InChI is InChI=1S/C15H26N2O2/c1-12(2)10-19-11-15(18)9-16-13-5-7-14(8-6-13)17(3)4/h5-8,12,15-16,18H,9-11H2,1-4H3. The topological polar surface area (TPSA) is 44.7 Å². The van der Waals surface area contributed by atoms with E-state index in [0.29, 0.717) is 25.7 Å². The zero-order valence-electron chi connectivity index (χ0n) is 12.4. The third-order valence-corrected chi connectivity index (χ3v) is 2.69. The minimum absolute atomic E-state index is 0.376. The fraction of sp³-hybridized carbons (Fsp3) is 0.600. The summed E-state index contributed by atoms with van der Waals surface area (Å²) in [5.74, 6) is 0.499. The molecule has 0 fully saturated rings. The quantitative estimate of drug-likeness (QED) is 0.757. The summed E-state index contributed by atoms with van der Waals surface area (Å²) in [6.07, 6.45) is -0.479. The van der Waals surface area contributed by atoms with Gasteiger partial charge in [0, 0.05) is 38.6 Å². The summed E-state index contributed by atoms with van der Waals surface area (Å²) >= 11 is 0. The third kappa shape index (κ3) is 6.45. The predicted molar refractivity (Wildman–Crippen MR) is 80.9 cm³/mol. The van der Waals surface area contributed by atoms with Crippen molar-refractivity contribution in [3.63, 3.8) is 0 Å². The molecule has 0 aliphatic heterocycles. The van der Waals surface area contributed by atoms with Crippen molar-refractivity contribution in [1.29, 1.82) is 0 Å². The van der Waals surface area contributed by atoms with Crippen LogP contribution in [0, 0.1) is 5.92 Å². The predicted octanol–water partition coefficient (Wildman–Crippen LogP) is 2.20. The number of ether oxygens (including phenoxy) is 1. The lowest BCUT2D eigenvalue weighted by Crippen LogP contribution is -2.25. The van der Waals surface area contributed by atoms with Crippen LogP contribution >= 0.6 is 0 Å². The van der Waals surface area contributed by atoms with E-state index < -0.39 is 6.10 Å². The van der Waals surface area contributed by atoms with Gasteiger partial charge in [-0.25, -0.2) is 0 Å². The number of nitrogens with one attached hydrogen (secondary N) is 1. The molecule has 1 aromatic carbocycles. The van der Waals surface area contributed by atoms with Crippen molar-refractivity contribution in [3.8, 4) is 0 Å².